The van der Waals surface area contributed by atoms with Gasteiger partial charge in [0.2, 0.25) is 0 Å². The summed E-state index contributed by atoms with van der Waals surface area (Å²) in [5.74, 6) is -0.174. The summed E-state index contributed by atoms with van der Waals surface area (Å²) in [6, 6.07) is 9.91. The Hall–Kier alpha value is -2.64. The molecule has 3 aliphatic heterocycles. The Morgan fingerprint density at radius 3 is 2.97 bits per heavy atom. The molecule has 1 fully saturated rings. The Labute approximate surface area is 173 Å². The number of amides is 1. The van der Waals surface area contributed by atoms with Gasteiger partial charge >= 0.3 is 0 Å². The number of anilines is 1. The SMILES string of the molecule is Cc1cc(C=C2C(=N)N3C(=NC2=O)Sc2ccccc23)c(C)n1CC1CCCO1. The summed E-state index contributed by atoms with van der Waals surface area (Å²) in [4.78, 5) is 19.8. The maximum absolute atomic E-state index is 12.7. The summed E-state index contributed by atoms with van der Waals surface area (Å²) in [5.41, 5.74) is 4.39. The number of carbonyl (C=O) groups is 1. The molecule has 1 atom stereocenters. The lowest BCUT2D eigenvalue weighted by Gasteiger charge is -2.24. The third-order valence-electron chi connectivity index (χ3n) is 5.73. The van der Waals surface area contributed by atoms with E-state index >= 15 is 0 Å². The zero-order valence-electron chi connectivity index (χ0n) is 16.4. The number of nitrogens with zero attached hydrogens (tertiary/aromatic N) is 3. The van der Waals surface area contributed by atoms with Gasteiger partial charge < -0.3 is 9.30 Å². The van der Waals surface area contributed by atoms with Gasteiger partial charge in [0, 0.05) is 29.4 Å². The topological polar surface area (TPSA) is 70.7 Å². The molecule has 0 bridgehead atoms. The van der Waals surface area contributed by atoms with Crippen LogP contribution >= 0.6 is 11.8 Å². The molecule has 3 aliphatic rings. The second kappa shape index (κ2) is 7.00. The van der Waals surface area contributed by atoms with E-state index in [0.29, 0.717) is 10.7 Å². The molecule has 1 aromatic heterocycles. The highest BCUT2D eigenvalue weighted by molar-refractivity contribution is 8.15. The van der Waals surface area contributed by atoms with Crippen molar-refractivity contribution in [3.05, 3.63) is 52.9 Å². The number of amidine groups is 2. The normalized spacial score (nSPS) is 22.3. The lowest BCUT2D eigenvalue weighted by Crippen LogP contribution is -2.39. The number of ether oxygens (including phenoxy) is 1. The van der Waals surface area contributed by atoms with Crippen LogP contribution in [0.4, 0.5) is 5.69 Å². The first kappa shape index (κ1) is 18.4. The van der Waals surface area contributed by atoms with E-state index in [0.717, 1.165) is 53.5 Å². The van der Waals surface area contributed by atoms with Crippen LogP contribution in [-0.2, 0) is 16.1 Å². The second-order valence-electron chi connectivity index (χ2n) is 7.58. The standard InChI is InChI=1S/C22H22N4O2S/c1-13-10-15(14(2)25(13)12-16-6-5-9-28-16)11-17-20(23)26-18-7-3-4-8-19(18)29-22(26)24-21(17)27/h3-4,7-8,10-11,16,23H,5-6,9,12H2,1-2H3. The molecule has 5 rings (SSSR count). The molecule has 1 unspecified atom stereocenters. The molecule has 29 heavy (non-hydrogen) atoms. The maximum Gasteiger partial charge on any atom is 0.283 e. The molecule has 1 amide bonds. The largest absolute Gasteiger partial charge is 0.376 e. The Balaban J connectivity index is 1.50. The van der Waals surface area contributed by atoms with E-state index in [4.69, 9.17) is 10.1 Å². The van der Waals surface area contributed by atoms with Crippen molar-refractivity contribution in [2.75, 3.05) is 11.5 Å². The number of nitrogens with one attached hydrogen (secondary N) is 1. The molecule has 0 saturated carbocycles. The van der Waals surface area contributed by atoms with Gasteiger partial charge in [-0.05, 0) is 68.3 Å². The molecule has 1 saturated heterocycles. The molecule has 1 N–H and O–H groups in total. The number of benzene rings is 1. The number of fused-ring (bicyclic) bond motifs is 3. The zero-order valence-corrected chi connectivity index (χ0v) is 17.3. The third-order valence-corrected chi connectivity index (χ3v) is 6.75. The van der Waals surface area contributed by atoms with E-state index in [1.807, 2.05) is 30.3 Å². The predicted molar refractivity (Wildman–Crippen MR) is 116 cm³/mol. The summed E-state index contributed by atoms with van der Waals surface area (Å²) in [6.45, 7) is 5.79. The number of aryl methyl sites for hydroxylation is 1. The van der Waals surface area contributed by atoms with E-state index in [1.54, 1.807) is 4.90 Å². The van der Waals surface area contributed by atoms with Crippen LogP contribution < -0.4 is 4.90 Å². The molecule has 2 aromatic rings. The number of aliphatic imine (C=N–C) groups is 1. The number of para-hydroxylation sites is 1. The van der Waals surface area contributed by atoms with Gasteiger partial charge in [-0.2, -0.15) is 4.99 Å². The molecule has 0 radical (unpaired) electrons. The lowest BCUT2D eigenvalue weighted by molar-refractivity contribution is -0.113. The van der Waals surface area contributed by atoms with Crippen LogP contribution in [0.5, 0.6) is 0 Å². The highest BCUT2D eigenvalue weighted by atomic mass is 32.2. The first-order valence-electron chi connectivity index (χ1n) is 9.82. The third kappa shape index (κ3) is 3.05. The van der Waals surface area contributed by atoms with E-state index in [2.05, 4.69) is 29.5 Å². The molecular formula is C22H22N4O2S. The quantitative estimate of drug-likeness (QED) is 0.778. The van der Waals surface area contributed by atoms with Gasteiger partial charge in [-0.25, -0.2) is 0 Å². The van der Waals surface area contributed by atoms with Crippen molar-refractivity contribution in [3.63, 3.8) is 0 Å². The average Bonchev–Trinajstić information content (AvgIpc) is 3.40. The summed E-state index contributed by atoms with van der Waals surface area (Å²) in [6.07, 6.45) is 4.26. The van der Waals surface area contributed by atoms with Crippen LogP contribution in [0, 0.1) is 19.3 Å². The molecular weight excluding hydrogens is 384 g/mol. The van der Waals surface area contributed by atoms with Crippen molar-refractivity contribution in [3.8, 4) is 0 Å². The molecule has 7 heteroatoms. The van der Waals surface area contributed by atoms with Crippen molar-refractivity contribution >= 4 is 40.4 Å². The van der Waals surface area contributed by atoms with E-state index in [1.165, 1.54) is 11.8 Å². The summed E-state index contributed by atoms with van der Waals surface area (Å²) in [7, 11) is 0. The first-order chi connectivity index (χ1) is 14.0. The molecule has 4 heterocycles. The fourth-order valence-corrected chi connectivity index (χ4v) is 5.18. The summed E-state index contributed by atoms with van der Waals surface area (Å²) in [5, 5.41) is 9.27. The van der Waals surface area contributed by atoms with Crippen LogP contribution in [0.25, 0.3) is 6.08 Å². The Bertz CT molecular complexity index is 1090. The minimum Gasteiger partial charge on any atom is -0.376 e. The highest BCUT2D eigenvalue weighted by Gasteiger charge is 2.37. The maximum atomic E-state index is 12.7. The van der Waals surface area contributed by atoms with Gasteiger partial charge in [-0.15, -0.1) is 0 Å². The summed E-state index contributed by atoms with van der Waals surface area (Å²) < 4.78 is 8.03. The van der Waals surface area contributed by atoms with E-state index < -0.39 is 0 Å². The Morgan fingerprint density at radius 2 is 2.17 bits per heavy atom. The number of hydrogen-bond donors (Lipinski definition) is 1. The van der Waals surface area contributed by atoms with E-state index in [-0.39, 0.29) is 17.8 Å². The number of carbonyl (C=O) groups excluding carboxylic acids is 1. The van der Waals surface area contributed by atoms with Crippen molar-refractivity contribution in [1.82, 2.24) is 4.57 Å². The molecule has 0 spiro atoms. The van der Waals surface area contributed by atoms with Crippen molar-refractivity contribution in [1.29, 1.82) is 5.41 Å². The van der Waals surface area contributed by atoms with Crippen LogP contribution in [0.3, 0.4) is 0 Å². The number of hydrogen-bond acceptors (Lipinski definition) is 4. The summed E-state index contributed by atoms with van der Waals surface area (Å²) >= 11 is 1.43. The number of rotatable bonds is 3. The minimum absolute atomic E-state index is 0.182. The van der Waals surface area contributed by atoms with E-state index in [9.17, 15) is 4.79 Å². The van der Waals surface area contributed by atoms with Crippen molar-refractivity contribution in [2.24, 2.45) is 4.99 Å². The highest BCUT2D eigenvalue weighted by Crippen LogP contribution is 2.42. The minimum atomic E-state index is -0.356. The predicted octanol–water partition coefficient (Wildman–Crippen LogP) is 4.15. The van der Waals surface area contributed by atoms with Crippen molar-refractivity contribution < 1.29 is 9.53 Å². The second-order valence-corrected chi connectivity index (χ2v) is 8.59. The number of thioether (sulfide) groups is 1. The van der Waals surface area contributed by atoms with Gasteiger partial charge in [-0.1, -0.05) is 12.1 Å². The van der Waals surface area contributed by atoms with Crippen LogP contribution in [0.2, 0.25) is 0 Å². The van der Waals surface area contributed by atoms with Crippen LogP contribution in [0.15, 0.2) is 45.8 Å². The lowest BCUT2D eigenvalue weighted by atomic mass is 10.1. The van der Waals surface area contributed by atoms with Gasteiger partial charge in [0.25, 0.3) is 5.91 Å². The van der Waals surface area contributed by atoms with Crippen LogP contribution in [0.1, 0.15) is 29.8 Å². The molecule has 148 valence electrons. The Morgan fingerprint density at radius 1 is 1.34 bits per heavy atom. The molecule has 1 aromatic carbocycles. The zero-order chi connectivity index (χ0) is 20.1. The van der Waals surface area contributed by atoms with Crippen LogP contribution in [-0.4, -0.2) is 34.2 Å². The van der Waals surface area contributed by atoms with Gasteiger partial charge in [0.1, 0.15) is 5.84 Å². The fraction of sp³-hybridized carbons (Fsp3) is 0.318. The van der Waals surface area contributed by atoms with Crippen molar-refractivity contribution in [2.45, 2.75) is 44.2 Å². The van der Waals surface area contributed by atoms with Gasteiger partial charge in [0.15, 0.2) is 5.17 Å². The average molecular weight is 407 g/mol. The molecule has 0 aliphatic carbocycles. The first-order valence-corrected chi connectivity index (χ1v) is 10.6. The van der Waals surface area contributed by atoms with Gasteiger partial charge in [0.05, 0.1) is 17.4 Å². The fourth-order valence-electron chi connectivity index (χ4n) is 4.17. The van der Waals surface area contributed by atoms with Gasteiger partial charge in [-0.3, -0.25) is 15.1 Å². The Kier molecular flexibility index (Phi) is 4.44. The molecule has 6 nitrogen and oxygen atoms in total. The number of aromatic nitrogens is 1. The monoisotopic (exact) mass is 406 g/mol. The smallest absolute Gasteiger partial charge is 0.283 e.